The van der Waals surface area contributed by atoms with Crippen LogP contribution in [0.4, 0.5) is 11.8 Å². The Morgan fingerprint density at radius 3 is 2.48 bits per heavy atom. The molecule has 1 aliphatic carbocycles. The van der Waals surface area contributed by atoms with Crippen molar-refractivity contribution in [3.63, 3.8) is 0 Å². The molecule has 2 aromatic heterocycles. The van der Waals surface area contributed by atoms with Crippen molar-refractivity contribution < 1.29 is 9.59 Å². The molecule has 0 spiro atoms. The Bertz CT molecular complexity index is 1620. The van der Waals surface area contributed by atoms with Crippen LogP contribution < -0.4 is 37.6 Å². The third kappa shape index (κ3) is 15.7. The average molecular weight is 804 g/mol. The van der Waals surface area contributed by atoms with Crippen LogP contribution >= 0.6 is 0 Å². The largest absolute Gasteiger partial charge is 0.367 e. The molecule has 1 aliphatic heterocycles. The Morgan fingerprint density at radius 1 is 0.879 bits per heavy atom. The zero-order chi connectivity index (χ0) is 40.8. The molecule has 3 aromatic rings. The van der Waals surface area contributed by atoms with Gasteiger partial charge in [-0.25, -0.2) is 4.98 Å². The first-order chi connectivity index (χ1) is 28.4. The number of hydrogen-bond donors (Lipinski definition) is 7. The van der Waals surface area contributed by atoms with Crippen LogP contribution in [0.3, 0.4) is 0 Å². The first-order valence-corrected chi connectivity index (χ1v) is 22.6. The Morgan fingerprint density at radius 2 is 1.67 bits per heavy atom. The van der Waals surface area contributed by atoms with E-state index in [2.05, 4.69) is 56.1 Å². The molecule has 1 saturated carbocycles. The molecule has 322 valence electrons. The lowest BCUT2D eigenvalue weighted by Crippen LogP contribution is -2.44. The molecule has 0 bridgehead atoms. The number of aryl methyl sites for hydroxylation is 1. The van der Waals surface area contributed by atoms with Gasteiger partial charge in [-0.15, -0.1) is 5.10 Å². The molecule has 58 heavy (non-hydrogen) atoms. The van der Waals surface area contributed by atoms with Crippen LogP contribution in [0.25, 0.3) is 10.9 Å². The molecule has 2 atom stereocenters. The number of nitrogens with zero attached hydrogens (tertiary/aromatic N) is 6. The summed E-state index contributed by atoms with van der Waals surface area (Å²) in [4.78, 5) is 37.2. The number of piperidine rings is 1. The Hall–Kier alpha value is -3.92. The van der Waals surface area contributed by atoms with E-state index >= 15 is 0 Å². The van der Waals surface area contributed by atoms with Gasteiger partial charge in [0.05, 0.1) is 24.3 Å². The number of anilines is 2. The lowest BCUT2D eigenvalue weighted by Gasteiger charge is -2.33. The fourth-order valence-electron chi connectivity index (χ4n) is 7.95. The second kappa shape index (κ2) is 25.5. The van der Waals surface area contributed by atoms with Crippen molar-refractivity contribution in [1.29, 1.82) is 0 Å². The van der Waals surface area contributed by atoms with Crippen molar-refractivity contribution in [3.8, 4) is 0 Å². The molecular weight excluding hydrogens is 731 g/mol. The van der Waals surface area contributed by atoms with Gasteiger partial charge in [0, 0.05) is 56.1 Å². The number of nitrogens with one attached hydrogen (secondary N) is 6. The number of benzene rings is 1. The molecule has 2 fully saturated rings. The Kier molecular flexibility index (Phi) is 19.9. The van der Waals surface area contributed by atoms with Crippen LogP contribution in [0.1, 0.15) is 122 Å². The van der Waals surface area contributed by atoms with Gasteiger partial charge in [0.25, 0.3) is 0 Å². The van der Waals surface area contributed by atoms with Crippen LogP contribution in [0, 0.1) is 0 Å². The van der Waals surface area contributed by atoms with E-state index in [1.807, 2.05) is 40.0 Å². The molecule has 2 aliphatic rings. The molecule has 2 amide bonds. The molecule has 5 rings (SSSR count). The van der Waals surface area contributed by atoms with Gasteiger partial charge in [-0.2, -0.15) is 4.98 Å². The third-order valence-electron chi connectivity index (χ3n) is 11.6. The van der Waals surface area contributed by atoms with E-state index in [1.165, 1.54) is 51.4 Å². The van der Waals surface area contributed by atoms with Crippen molar-refractivity contribution >= 4 is 34.5 Å². The summed E-state index contributed by atoms with van der Waals surface area (Å²) in [5.74, 6) is 1.15. The lowest BCUT2D eigenvalue weighted by atomic mass is 9.95. The van der Waals surface area contributed by atoms with Gasteiger partial charge >= 0.3 is 0 Å². The maximum Gasteiger partial charge on any atom is 0.236 e. The van der Waals surface area contributed by atoms with Gasteiger partial charge in [0.15, 0.2) is 0 Å². The van der Waals surface area contributed by atoms with E-state index in [9.17, 15) is 9.59 Å². The minimum Gasteiger partial charge on any atom is -0.367 e. The highest BCUT2D eigenvalue weighted by Gasteiger charge is 2.25. The van der Waals surface area contributed by atoms with Gasteiger partial charge in [0.1, 0.15) is 11.5 Å². The number of para-hydroxylation sites is 1. The van der Waals surface area contributed by atoms with Gasteiger partial charge in [-0.05, 0) is 103 Å². The predicted octanol–water partition coefficient (Wildman–Crippen LogP) is 4.70. The smallest absolute Gasteiger partial charge is 0.236 e. The quantitative estimate of drug-likeness (QED) is 0.0527. The summed E-state index contributed by atoms with van der Waals surface area (Å²) in [6.45, 7) is 11.5. The van der Waals surface area contributed by atoms with Crippen molar-refractivity contribution in [2.75, 3.05) is 56.4 Å². The number of nitrogens with two attached hydrogens (primary N) is 1. The number of amides is 2. The Balaban J connectivity index is 0.974. The monoisotopic (exact) mass is 804 g/mol. The summed E-state index contributed by atoms with van der Waals surface area (Å²) < 4.78 is 1.90. The van der Waals surface area contributed by atoms with E-state index in [0.717, 1.165) is 99.7 Å². The Labute approximate surface area is 346 Å². The molecule has 1 saturated heterocycles. The lowest BCUT2D eigenvalue weighted by molar-refractivity contribution is -0.132. The molecule has 0 radical (unpaired) electrons. The summed E-state index contributed by atoms with van der Waals surface area (Å²) in [7, 11) is 0. The first kappa shape index (κ1) is 45.2. The standard InChI is InChI=1S/C43H73N13O2/c1-3-5-14-33(4-2)46-26-12-27-48-42(58)38(44)19-20-40(57)55-29-21-35(22-30-55)50-41-37-17-9-10-18-39(37)51-43(52-41)49-31-36-32-56(54-53-36)28-13-24-45-23-11-25-47-34-15-7-6-8-16-34/h9-10,17-18,32-35,38,45-47H,3-8,11-16,19-31,44H2,1-2H3,(H,48,58)(H2,49,50,51,52)/t33?,38-/m0/s1. The van der Waals surface area contributed by atoms with Crippen molar-refractivity contribution in [3.05, 3.63) is 36.2 Å². The van der Waals surface area contributed by atoms with Crippen LogP contribution in [-0.4, -0.2) is 112 Å². The maximum absolute atomic E-state index is 13.1. The summed E-state index contributed by atoms with van der Waals surface area (Å²) in [5.41, 5.74) is 7.85. The van der Waals surface area contributed by atoms with Crippen molar-refractivity contribution in [2.24, 2.45) is 5.73 Å². The highest BCUT2D eigenvalue weighted by molar-refractivity contribution is 5.90. The van der Waals surface area contributed by atoms with Crippen LogP contribution in [-0.2, 0) is 22.7 Å². The number of aromatic nitrogens is 5. The van der Waals surface area contributed by atoms with Gasteiger partial charge in [-0.3, -0.25) is 14.3 Å². The SMILES string of the molecule is CCCCC(CC)NCCCNC(=O)[C@@H](N)CCC(=O)N1CCC(Nc2nc(NCc3cn(CCCNCCCNC4CCCCC4)nn3)nc3ccccc23)CC1. The van der Waals surface area contributed by atoms with Gasteiger partial charge in [0.2, 0.25) is 17.8 Å². The molecular formula is C43H73N13O2. The summed E-state index contributed by atoms with van der Waals surface area (Å²) in [6.07, 6.45) is 18.7. The van der Waals surface area contributed by atoms with E-state index in [4.69, 9.17) is 15.7 Å². The maximum atomic E-state index is 13.1. The molecule has 15 nitrogen and oxygen atoms in total. The minimum absolute atomic E-state index is 0.0455. The van der Waals surface area contributed by atoms with Crippen LogP contribution in [0.15, 0.2) is 30.5 Å². The highest BCUT2D eigenvalue weighted by Crippen LogP contribution is 2.25. The van der Waals surface area contributed by atoms with E-state index in [0.29, 0.717) is 44.6 Å². The van der Waals surface area contributed by atoms with Gasteiger partial charge in [-0.1, -0.05) is 63.3 Å². The summed E-state index contributed by atoms with van der Waals surface area (Å²) in [6, 6.07) is 8.73. The predicted molar refractivity (Wildman–Crippen MR) is 234 cm³/mol. The second-order valence-corrected chi connectivity index (χ2v) is 16.3. The number of likely N-dealkylation sites (tertiary alicyclic amines) is 1. The fraction of sp³-hybridized carbons (Fsp3) is 0.721. The van der Waals surface area contributed by atoms with Crippen LogP contribution in [0.5, 0.6) is 0 Å². The highest BCUT2D eigenvalue weighted by atomic mass is 16.2. The van der Waals surface area contributed by atoms with Crippen molar-refractivity contribution in [1.82, 2.24) is 51.1 Å². The molecule has 1 aromatic carbocycles. The topological polar surface area (TPSA) is 192 Å². The number of fused-ring (bicyclic) bond motifs is 1. The zero-order valence-electron chi connectivity index (χ0n) is 35.5. The average Bonchev–Trinajstić information content (AvgIpc) is 3.72. The molecule has 3 heterocycles. The van der Waals surface area contributed by atoms with E-state index < -0.39 is 6.04 Å². The third-order valence-corrected chi connectivity index (χ3v) is 11.6. The summed E-state index contributed by atoms with van der Waals surface area (Å²) in [5, 5.41) is 30.4. The van der Waals surface area contributed by atoms with Crippen molar-refractivity contribution in [2.45, 2.75) is 154 Å². The summed E-state index contributed by atoms with van der Waals surface area (Å²) >= 11 is 0. The van der Waals surface area contributed by atoms with E-state index in [1.54, 1.807) is 0 Å². The number of rotatable bonds is 27. The number of unbranched alkanes of at least 4 members (excludes halogenated alkanes) is 1. The molecule has 1 unspecified atom stereocenters. The second-order valence-electron chi connectivity index (χ2n) is 16.3. The minimum atomic E-state index is -0.689. The number of carbonyl (C=O) groups is 2. The number of hydrogen-bond acceptors (Lipinski definition) is 12. The van der Waals surface area contributed by atoms with E-state index in [-0.39, 0.29) is 24.3 Å². The first-order valence-electron chi connectivity index (χ1n) is 22.6. The normalized spacial score (nSPS) is 16.4. The van der Waals surface area contributed by atoms with Crippen LogP contribution in [0.2, 0.25) is 0 Å². The number of carbonyl (C=O) groups excluding carboxylic acids is 2. The molecule has 8 N–H and O–H groups in total. The fourth-order valence-corrected chi connectivity index (χ4v) is 7.95. The zero-order valence-corrected chi connectivity index (χ0v) is 35.5. The molecule has 15 heteroatoms. The van der Waals surface area contributed by atoms with Gasteiger partial charge < -0.3 is 42.5 Å².